The average Bonchev–Trinajstić information content (AvgIpc) is 3.26. The number of halogens is 1. The van der Waals surface area contributed by atoms with E-state index in [4.69, 9.17) is 16.3 Å². The van der Waals surface area contributed by atoms with E-state index < -0.39 is 29.3 Å². The van der Waals surface area contributed by atoms with Crippen molar-refractivity contribution in [1.82, 2.24) is 20.2 Å². The molecule has 1 aromatic heterocycles. The maximum atomic E-state index is 12.4. The molecule has 32 heavy (non-hydrogen) atoms. The molecule has 14 heteroatoms. The molecule has 3 rings (SSSR count). The monoisotopic (exact) mass is 459 g/mol. The number of nitrogens with zero attached hydrogens (tertiary/aromatic N) is 5. The fourth-order valence-corrected chi connectivity index (χ4v) is 2.64. The highest BCUT2D eigenvalue weighted by atomic mass is 35.5. The first-order chi connectivity index (χ1) is 15.3. The number of carbonyl (C=O) groups is 3. The van der Waals surface area contributed by atoms with Gasteiger partial charge >= 0.3 is 5.97 Å². The largest absolute Gasteiger partial charge is 0.452 e. The molecule has 0 aliphatic carbocycles. The van der Waals surface area contributed by atoms with Crippen LogP contribution in [-0.4, -0.2) is 49.5 Å². The van der Waals surface area contributed by atoms with Gasteiger partial charge in [-0.3, -0.25) is 19.7 Å². The molecule has 2 amide bonds. The molecule has 2 N–H and O–H groups in total. The van der Waals surface area contributed by atoms with E-state index in [0.717, 1.165) is 6.07 Å². The van der Waals surface area contributed by atoms with Gasteiger partial charge < -0.3 is 15.4 Å². The van der Waals surface area contributed by atoms with Crippen molar-refractivity contribution in [2.24, 2.45) is 0 Å². The molecule has 0 bridgehead atoms. The highest BCUT2D eigenvalue weighted by Crippen LogP contribution is 2.26. The van der Waals surface area contributed by atoms with Crippen LogP contribution in [0, 0.1) is 10.1 Å². The SMILES string of the molecule is O=C(COC(=O)c1ccccc1NC(=O)Cn1cnnn1)Nc1cc([N+](=O)[O-])ccc1Cl. The molecule has 0 saturated carbocycles. The van der Waals surface area contributed by atoms with Crippen LogP contribution in [0.3, 0.4) is 0 Å². The van der Waals surface area contributed by atoms with E-state index in [2.05, 4.69) is 26.2 Å². The first kappa shape index (κ1) is 22.3. The summed E-state index contributed by atoms with van der Waals surface area (Å²) >= 11 is 5.92. The summed E-state index contributed by atoms with van der Waals surface area (Å²) in [5.74, 6) is -2.12. The molecule has 1 heterocycles. The molecule has 0 spiro atoms. The predicted octanol–water partition coefficient (Wildman–Crippen LogP) is 1.67. The van der Waals surface area contributed by atoms with Crippen molar-refractivity contribution in [3.63, 3.8) is 0 Å². The summed E-state index contributed by atoms with van der Waals surface area (Å²) in [6, 6.07) is 9.56. The Balaban J connectivity index is 1.60. The molecule has 0 radical (unpaired) electrons. The molecule has 164 valence electrons. The number of nitro groups is 1. The first-order valence-electron chi connectivity index (χ1n) is 8.84. The van der Waals surface area contributed by atoms with Gasteiger partial charge in [0.25, 0.3) is 11.6 Å². The van der Waals surface area contributed by atoms with Crippen LogP contribution in [0.15, 0.2) is 48.8 Å². The van der Waals surface area contributed by atoms with Crippen LogP contribution in [0.2, 0.25) is 5.02 Å². The molecule has 0 aliphatic rings. The van der Waals surface area contributed by atoms with E-state index in [1.807, 2.05) is 0 Å². The number of amides is 2. The van der Waals surface area contributed by atoms with Gasteiger partial charge in [-0.1, -0.05) is 23.7 Å². The Labute approximate surface area is 184 Å². The summed E-state index contributed by atoms with van der Waals surface area (Å²) in [5, 5.41) is 26.2. The quantitative estimate of drug-likeness (QED) is 0.288. The molecule has 0 aliphatic heterocycles. The average molecular weight is 460 g/mol. The number of para-hydroxylation sites is 1. The number of ether oxygens (including phenoxy) is 1. The lowest BCUT2D eigenvalue weighted by Crippen LogP contribution is -2.23. The number of tetrazole rings is 1. The Bertz CT molecular complexity index is 1170. The summed E-state index contributed by atoms with van der Waals surface area (Å²) in [6.07, 6.45) is 1.26. The van der Waals surface area contributed by atoms with Gasteiger partial charge in [0.15, 0.2) is 6.61 Å². The van der Waals surface area contributed by atoms with Gasteiger partial charge in [0.1, 0.15) is 12.9 Å². The molecule has 0 fully saturated rings. The van der Waals surface area contributed by atoms with Crippen LogP contribution in [0.5, 0.6) is 0 Å². The van der Waals surface area contributed by atoms with Gasteiger partial charge in [0, 0.05) is 12.1 Å². The number of carbonyl (C=O) groups excluding carboxylic acids is 3. The number of non-ortho nitro benzene ring substituents is 1. The van der Waals surface area contributed by atoms with Gasteiger partial charge in [-0.15, -0.1) is 5.10 Å². The number of rotatable bonds is 8. The minimum Gasteiger partial charge on any atom is -0.452 e. The number of benzene rings is 2. The fraction of sp³-hybridized carbons (Fsp3) is 0.111. The second kappa shape index (κ2) is 10.1. The summed E-state index contributed by atoms with van der Waals surface area (Å²) in [5.41, 5.74) is -0.0957. The Kier molecular flexibility index (Phi) is 7.02. The lowest BCUT2D eigenvalue weighted by molar-refractivity contribution is -0.384. The number of aromatic nitrogens is 4. The van der Waals surface area contributed by atoms with E-state index in [1.54, 1.807) is 12.1 Å². The van der Waals surface area contributed by atoms with Crippen LogP contribution < -0.4 is 10.6 Å². The van der Waals surface area contributed by atoms with Gasteiger partial charge in [-0.05, 0) is 28.6 Å². The normalized spacial score (nSPS) is 10.3. The molecule has 2 aromatic carbocycles. The van der Waals surface area contributed by atoms with Crippen molar-refractivity contribution in [2.45, 2.75) is 6.54 Å². The Morgan fingerprint density at radius 1 is 1.09 bits per heavy atom. The number of nitro benzene ring substituents is 1. The van der Waals surface area contributed by atoms with Crippen molar-refractivity contribution in [2.75, 3.05) is 17.2 Å². The van der Waals surface area contributed by atoms with E-state index in [9.17, 15) is 24.5 Å². The van der Waals surface area contributed by atoms with Crippen LogP contribution in [-0.2, 0) is 20.9 Å². The summed E-state index contributed by atoms with van der Waals surface area (Å²) in [6.45, 7) is -0.868. The number of esters is 1. The minimum atomic E-state index is -0.872. The van der Waals surface area contributed by atoms with E-state index in [0.29, 0.717) is 0 Å². The zero-order valence-electron chi connectivity index (χ0n) is 16.1. The number of nitrogens with one attached hydrogen (secondary N) is 2. The second-order valence-corrected chi connectivity index (χ2v) is 6.55. The van der Waals surface area contributed by atoms with Crippen molar-refractivity contribution >= 4 is 46.4 Å². The lowest BCUT2D eigenvalue weighted by Gasteiger charge is -2.11. The third-order valence-electron chi connectivity index (χ3n) is 3.89. The van der Waals surface area contributed by atoms with E-state index in [-0.39, 0.29) is 34.2 Å². The summed E-state index contributed by atoms with van der Waals surface area (Å²) < 4.78 is 6.19. The predicted molar refractivity (Wildman–Crippen MR) is 110 cm³/mol. The first-order valence-corrected chi connectivity index (χ1v) is 9.22. The maximum absolute atomic E-state index is 12.4. The zero-order valence-corrected chi connectivity index (χ0v) is 16.9. The standard InChI is InChI=1S/C18H14ClN7O6/c19-13-6-5-11(26(30)31)7-15(13)22-17(28)9-32-18(29)12-3-1-2-4-14(12)21-16(27)8-25-10-20-23-24-25/h1-7,10H,8-9H2,(H,21,27)(H,22,28). The van der Waals surface area contributed by atoms with Crippen LogP contribution in [0.4, 0.5) is 17.1 Å². The third kappa shape index (κ3) is 5.82. The fourth-order valence-electron chi connectivity index (χ4n) is 2.48. The van der Waals surface area contributed by atoms with Crippen LogP contribution >= 0.6 is 11.6 Å². The van der Waals surface area contributed by atoms with Gasteiger partial charge in [0.05, 0.1) is 26.9 Å². The number of anilines is 2. The topological polar surface area (TPSA) is 171 Å². The molecular formula is C18H14ClN7O6. The summed E-state index contributed by atoms with van der Waals surface area (Å²) in [4.78, 5) is 46.9. The molecular weight excluding hydrogens is 446 g/mol. The Morgan fingerprint density at radius 2 is 1.84 bits per heavy atom. The lowest BCUT2D eigenvalue weighted by atomic mass is 10.2. The minimum absolute atomic E-state index is 0.00261. The van der Waals surface area contributed by atoms with Crippen molar-refractivity contribution in [1.29, 1.82) is 0 Å². The van der Waals surface area contributed by atoms with Crippen molar-refractivity contribution in [3.05, 3.63) is 69.5 Å². The highest BCUT2D eigenvalue weighted by Gasteiger charge is 2.17. The molecule has 3 aromatic rings. The van der Waals surface area contributed by atoms with Gasteiger partial charge in [-0.2, -0.15) is 0 Å². The highest BCUT2D eigenvalue weighted by molar-refractivity contribution is 6.33. The third-order valence-corrected chi connectivity index (χ3v) is 4.22. The van der Waals surface area contributed by atoms with Crippen LogP contribution in [0.25, 0.3) is 0 Å². The Morgan fingerprint density at radius 3 is 2.56 bits per heavy atom. The van der Waals surface area contributed by atoms with Crippen molar-refractivity contribution < 1.29 is 24.0 Å². The molecule has 13 nitrogen and oxygen atoms in total. The van der Waals surface area contributed by atoms with Gasteiger partial charge in [-0.25, -0.2) is 9.48 Å². The molecule has 0 atom stereocenters. The number of hydrogen-bond donors (Lipinski definition) is 2. The van der Waals surface area contributed by atoms with E-state index >= 15 is 0 Å². The smallest absolute Gasteiger partial charge is 0.340 e. The zero-order chi connectivity index (χ0) is 23.1. The molecule has 0 saturated heterocycles. The van der Waals surface area contributed by atoms with Crippen LogP contribution in [0.1, 0.15) is 10.4 Å². The summed E-state index contributed by atoms with van der Waals surface area (Å²) in [7, 11) is 0. The second-order valence-electron chi connectivity index (χ2n) is 6.15. The molecule has 0 unspecified atom stereocenters. The Hall–Kier alpha value is -4.39. The maximum Gasteiger partial charge on any atom is 0.340 e. The van der Waals surface area contributed by atoms with E-state index in [1.165, 1.54) is 35.3 Å². The van der Waals surface area contributed by atoms with Gasteiger partial charge in [0.2, 0.25) is 5.91 Å². The van der Waals surface area contributed by atoms with Crippen molar-refractivity contribution in [3.8, 4) is 0 Å². The number of hydrogen-bond acceptors (Lipinski definition) is 9.